The van der Waals surface area contributed by atoms with Gasteiger partial charge >= 0.3 is 5.97 Å². The lowest BCUT2D eigenvalue weighted by atomic mass is 10.2. The van der Waals surface area contributed by atoms with Gasteiger partial charge in [-0.2, -0.15) is 0 Å². The average Bonchev–Trinajstić information content (AvgIpc) is 2.77. The summed E-state index contributed by atoms with van der Waals surface area (Å²) in [6.07, 6.45) is 3.89. The Kier molecular flexibility index (Phi) is 3.02. The Morgan fingerprint density at radius 2 is 2.27 bits per heavy atom. The molecule has 1 saturated heterocycles. The summed E-state index contributed by atoms with van der Waals surface area (Å²) in [5.74, 6) is -0.763. The molecule has 15 heavy (non-hydrogen) atoms. The molecule has 0 radical (unpaired) electrons. The number of thiazole rings is 1. The van der Waals surface area contributed by atoms with Crippen LogP contribution in [0.4, 0.5) is 0 Å². The van der Waals surface area contributed by atoms with E-state index in [9.17, 15) is 9.90 Å². The summed E-state index contributed by atoms with van der Waals surface area (Å²) in [6.45, 7) is 3.67. The third-order valence-corrected chi connectivity index (χ3v) is 3.61. The van der Waals surface area contributed by atoms with Crippen molar-refractivity contribution in [3.63, 3.8) is 0 Å². The number of hydrogen-bond acceptors (Lipinski definition) is 4. The highest BCUT2D eigenvalue weighted by molar-refractivity contribution is 7.11. The molecule has 5 heteroatoms. The van der Waals surface area contributed by atoms with Crippen molar-refractivity contribution in [3.05, 3.63) is 16.1 Å². The van der Waals surface area contributed by atoms with Crippen molar-refractivity contribution in [2.45, 2.75) is 25.8 Å². The molecule has 1 fully saturated rings. The van der Waals surface area contributed by atoms with Gasteiger partial charge in [-0.05, 0) is 32.9 Å². The molecular weight excluding hydrogens is 212 g/mol. The summed E-state index contributed by atoms with van der Waals surface area (Å²) < 4.78 is 0. The fourth-order valence-electron chi connectivity index (χ4n) is 1.96. The lowest BCUT2D eigenvalue weighted by Crippen LogP contribution is -2.31. The van der Waals surface area contributed by atoms with Gasteiger partial charge in [0.1, 0.15) is 6.04 Å². The van der Waals surface area contributed by atoms with Crippen LogP contribution in [0.5, 0.6) is 0 Å². The van der Waals surface area contributed by atoms with Crippen molar-refractivity contribution < 1.29 is 9.90 Å². The van der Waals surface area contributed by atoms with E-state index < -0.39 is 12.0 Å². The predicted octanol–water partition coefficient (Wildman–Crippen LogP) is 1.67. The summed E-state index contributed by atoms with van der Waals surface area (Å²) in [7, 11) is 0. The Labute approximate surface area is 92.6 Å². The molecule has 4 nitrogen and oxygen atoms in total. The minimum absolute atomic E-state index is 0.487. The largest absolute Gasteiger partial charge is 0.480 e. The van der Waals surface area contributed by atoms with Crippen LogP contribution in [0.15, 0.2) is 6.20 Å². The van der Waals surface area contributed by atoms with Crippen molar-refractivity contribution >= 4 is 17.3 Å². The predicted molar refractivity (Wildman–Crippen MR) is 58.0 cm³/mol. The molecule has 1 aliphatic heterocycles. The van der Waals surface area contributed by atoms with Gasteiger partial charge in [0, 0.05) is 6.20 Å². The van der Waals surface area contributed by atoms with Gasteiger partial charge in [-0.3, -0.25) is 9.69 Å². The van der Waals surface area contributed by atoms with Crippen LogP contribution in [0.3, 0.4) is 0 Å². The quantitative estimate of drug-likeness (QED) is 0.852. The second-order valence-electron chi connectivity index (χ2n) is 3.77. The van der Waals surface area contributed by atoms with Gasteiger partial charge in [0.15, 0.2) is 0 Å². The summed E-state index contributed by atoms with van der Waals surface area (Å²) in [4.78, 5) is 18.2. The van der Waals surface area contributed by atoms with Crippen molar-refractivity contribution in [2.75, 3.05) is 13.1 Å². The molecule has 1 aromatic heterocycles. The van der Waals surface area contributed by atoms with Gasteiger partial charge in [-0.25, -0.2) is 4.98 Å². The number of aliphatic carboxylic acids is 1. The third-order valence-electron chi connectivity index (χ3n) is 2.65. The standard InChI is InChI=1S/C10H14N2O2S/c1-7-11-6-8(15-7)9(10(13)14)12-4-2-3-5-12/h6,9H,2-5H2,1H3,(H,13,14). The lowest BCUT2D eigenvalue weighted by molar-refractivity contribution is -0.143. The monoisotopic (exact) mass is 226 g/mol. The van der Waals surface area contributed by atoms with Gasteiger partial charge in [0.2, 0.25) is 0 Å². The van der Waals surface area contributed by atoms with Crippen LogP contribution < -0.4 is 0 Å². The van der Waals surface area contributed by atoms with Crippen LogP contribution in [0, 0.1) is 6.92 Å². The molecule has 82 valence electrons. The number of aryl methyl sites for hydroxylation is 1. The molecule has 1 N–H and O–H groups in total. The molecule has 1 aliphatic rings. The number of nitrogens with zero attached hydrogens (tertiary/aromatic N) is 2. The maximum Gasteiger partial charge on any atom is 0.326 e. The first-order valence-corrected chi connectivity index (χ1v) is 5.89. The Morgan fingerprint density at radius 3 is 2.73 bits per heavy atom. The highest BCUT2D eigenvalue weighted by Gasteiger charge is 2.30. The number of carbonyl (C=O) groups is 1. The molecule has 1 atom stereocenters. The average molecular weight is 226 g/mol. The molecule has 0 amide bonds. The molecule has 0 aromatic carbocycles. The van der Waals surface area contributed by atoms with Crippen LogP contribution >= 0.6 is 11.3 Å². The van der Waals surface area contributed by atoms with Crippen molar-refractivity contribution in [1.29, 1.82) is 0 Å². The summed E-state index contributed by atoms with van der Waals surface area (Å²) in [5, 5.41) is 10.2. The minimum atomic E-state index is -0.763. The molecule has 0 aliphatic carbocycles. The summed E-state index contributed by atoms with van der Waals surface area (Å²) in [6, 6.07) is -0.487. The van der Waals surface area contributed by atoms with Crippen molar-refractivity contribution in [3.8, 4) is 0 Å². The first-order valence-electron chi connectivity index (χ1n) is 5.07. The number of rotatable bonds is 3. The van der Waals surface area contributed by atoms with E-state index in [0.29, 0.717) is 0 Å². The zero-order valence-electron chi connectivity index (χ0n) is 8.64. The first-order chi connectivity index (χ1) is 7.18. The van der Waals surface area contributed by atoms with Crippen LogP contribution in [-0.4, -0.2) is 34.0 Å². The fourth-order valence-corrected chi connectivity index (χ4v) is 2.88. The molecular formula is C10H14N2O2S. The van der Waals surface area contributed by atoms with E-state index in [1.807, 2.05) is 11.8 Å². The molecule has 2 heterocycles. The zero-order chi connectivity index (χ0) is 10.8. The SMILES string of the molecule is Cc1ncc(C(C(=O)O)N2CCCC2)s1. The Balaban J connectivity index is 2.22. The Hall–Kier alpha value is -0.940. The number of aromatic nitrogens is 1. The highest BCUT2D eigenvalue weighted by atomic mass is 32.1. The minimum Gasteiger partial charge on any atom is -0.480 e. The van der Waals surface area contributed by atoms with E-state index in [4.69, 9.17) is 0 Å². The van der Waals surface area contributed by atoms with Crippen LogP contribution in [0.25, 0.3) is 0 Å². The molecule has 0 spiro atoms. The third kappa shape index (κ3) is 2.18. The topological polar surface area (TPSA) is 53.4 Å². The van der Waals surface area contributed by atoms with E-state index in [1.165, 1.54) is 11.3 Å². The summed E-state index contributed by atoms with van der Waals surface area (Å²) >= 11 is 1.48. The molecule has 1 unspecified atom stereocenters. The highest BCUT2D eigenvalue weighted by Crippen LogP contribution is 2.28. The number of likely N-dealkylation sites (tertiary alicyclic amines) is 1. The van der Waals surface area contributed by atoms with E-state index in [1.54, 1.807) is 6.20 Å². The molecule has 2 rings (SSSR count). The second-order valence-corrected chi connectivity index (χ2v) is 5.03. The molecule has 0 saturated carbocycles. The van der Waals surface area contributed by atoms with Gasteiger partial charge < -0.3 is 5.11 Å². The van der Waals surface area contributed by atoms with Crippen molar-refractivity contribution in [1.82, 2.24) is 9.88 Å². The maximum absolute atomic E-state index is 11.2. The van der Waals surface area contributed by atoms with E-state index in [-0.39, 0.29) is 0 Å². The fraction of sp³-hybridized carbons (Fsp3) is 0.600. The maximum atomic E-state index is 11.2. The van der Waals surface area contributed by atoms with Crippen LogP contribution in [0.1, 0.15) is 28.8 Å². The number of carboxylic acids is 1. The normalized spacial score (nSPS) is 19.3. The number of carboxylic acid groups (broad SMARTS) is 1. The second kappa shape index (κ2) is 4.28. The van der Waals surface area contributed by atoms with Gasteiger partial charge in [-0.1, -0.05) is 0 Å². The van der Waals surface area contributed by atoms with Crippen LogP contribution in [-0.2, 0) is 4.79 Å². The van der Waals surface area contributed by atoms with E-state index >= 15 is 0 Å². The molecule has 0 bridgehead atoms. The Bertz CT molecular complexity index is 358. The van der Waals surface area contributed by atoms with Gasteiger partial charge in [-0.15, -0.1) is 11.3 Å². The van der Waals surface area contributed by atoms with Gasteiger partial charge in [0.25, 0.3) is 0 Å². The van der Waals surface area contributed by atoms with Gasteiger partial charge in [0.05, 0.1) is 9.88 Å². The zero-order valence-corrected chi connectivity index (χ0v) is 9.46. The smallest absolute Gasteiger partial charge is 0.326 e. The van der Waals surface area contributed by atoms with E-state index in [0.717, 1.165) is 35.8 Å². The van der Waals surface area contributed by atoms with Crippen LogP contribution in [0.2, 0.25) is 0 Å². The first kappa shape index (κ1) is 10.6. The van der Waals surface area contributed by atoms with Crippen molar-refractivity contribution in [2.24, 2.45) is 0 Å². The molecule has 1 aromatic rings. The summed E-state index contributed by atoms with van der Waals surface area (Å²) in [5.41, 5.74) is 0. The Morgan fingerprint density at radius 1 is 1.60 bits per heavy atom. The lowest BCUT2D eigenvalue weighted by Gasteiger charge is -2.21. The van der Waals surface area contributed by atoms with E-state index in [2.05, 4.69) is 4.98 Å². The number of hydrogen-bond donors (Lipinski definition) is 1.